The summed E-state index contributed by atoms with van der Waals surface area (Å²) in [6.45, 7) is 6.31. The van der Waals surface area contributed by atoms with Crippen LogP contribution in [0.5, 0.6) is 0 Å². The molecule has 0 aliphatic rings. The van der Waals surface area contributed by atoms with Gasteiger partial charge < -0.3 is 10.4 Å². The quantitative estimate of drug-likeness (QED) is 0.537. The van der Waals surface area contributed by atoms with E-state index in [0.29, 0.717) is 13.0 Å². The van der Waals surface area contributed by atoms with Crippen molar-refractivity contribution in [2.24, 2.45) is 0 Å². The molecule has 1 rings (SSSR count). The van der Waals surface area contributed by atoms with Crippen LogP contribution in [0.25, 0.3) is 0 Å². The van der Waals surface area contributed by atoms with E-state index in [1.54, 1.807) is 0 Å². The lowest BCUT2D eigenvalue weighted by Crippen LogP contribution is -2.29. The highest BCUT2D eigenvalue weighted by molar-refractivity contribution is 5.93. The zero-order chi connectivity index (χ0) is 14.8. The number of benzene rings is 1. The van der Waals surface area contributed by atoms with Gasteiger partial charge in [-0.25, -0.2) is 0 Å². The minimum absolute atomic E-state index is 0.262. The van der Waals surface area contributed by atoms with E-state index in [9.17, 15) is 9.90 Å². The normalized spacial score (nSPS) is 11.9. The maximum absolute atomic E-state index is 11.9. The first-order chi connectivity index (χ1) is 9.65. The summed E-state index contributed by atoms with van der Waals surface area (Å²) in [5.41, 5.74) is 1.29. The Labute approximate surface area is 121 Å². The molecule has 1 amide bonds. The van der Waals surface area contributed by atoms with E-state index in [1.807, 2.05) is 30.3 Å². The molecule has 2 N–H and O–H groups in total. The minimum Gasteiger partial charge on any atom is -0.388 e. The SMILES string of the molecule is C=C(C(=O)NCc1ccccc1)C(O)CCCCCC. The van der Waals surface area contributed by atoms with Crippen LogP contribution >= 0.6 is 0 Å². The Morgan fingerprint density at radius 3 is 2.60 bits per heavy atom. The average Bonchev–Trinajstić information content (AvgIpc) is 2.49. The predicted molar refractivity (Wildman–Crippen MR) is 82.2 cm³/mol. The van der Waals surface area contributed by atoms with Gasteiger partial charge in [0.1, 0.15) is 0 Å². The van der Waals surface area contributed by atoms with Crippen LogP contribution in [0.3, 0.4) is 0 Å². The van der Waals surface area contributed by atoms with Gasteiger partial charge in [0, 0.05) is 12.1 Å². The maximum Gasteiger partial charge on any atom is 0.249 e. The summed E-state index contributed by atoms with van der Waals surface area (Å²) >= 11 is 0. The van der Waals surface area contributed by atoms with Crippen LogP contribution in [-0.4, -0.2) is 17.1 Å². The number of carbonyl (C=O) groups is 1. The molecular formula is C17H25NO2. The highest BCUT2D eigenvalue weighted by atomic mass is 16.3. The van der Waals surface area contributed by atoms with E-state index < -0.39 is 6.10 Å². The van der Waals surface area contributed by atoms with Crippen molar-refractivity contribution in [1.82, 2.24) is 5.32 Å². The summed E-state index contributed by atoms with van der Waals surface area (Å²) < 4.78 is 0. The number of aliphatic hydroxyl groups is 1. The molecule has 1 aromatic rings. The van der Waals surface area contributed by atoms with Gasteiger partial charge in [-0.1, -0.05) is 69.5 Å². The molecule has 0 saturated carbocycles. The van der Waals surface area contributed by atoms with Crippen molar-refractivity contribution >= 4 is 5.91 Å². The third-order valence-electron chi connectivity index (χ3n) is 3.32. The lowest BCUT2D eigenvalue weighted by molar-refractivity contribution is -0.118. The van der Waals surface area contributed by atoms with Gasteiger partial charge in [0.2, 0.25) is 5.91 Å². The van der Waals surface area contributed by atoms with Gasteiger partial charge in [0.05, 0.1) is 6.10 Å². The van der Waals surface area contributed by atoms with Crippen molar-refractivity contribution in [3.8, 4) is 0 Å². The molecule has 0 bridgehead atoms. The molecule has 0 aliphatic heterocycles. The largest absolute Gasteiger partial charge is 0.388 e. The minimum atomic E-state index is -0.734. The van der Waals surface area contributed by atoms with E-state index in [2.05, 4.69) is 18.8 Å². The fourth-order valence-electron chi connectivity index (χ4n) is 1.98. The number of carbonyl (C=O) groups excluding carboxylic acids is 1. The number of hydrogen-bond donors (Lipinski definition) is 2. The highest BCUT2D eigenvalue weighted by Gasteiger charge is 2.15. The lowest BCUT2D eigenvalue weighted by Gasteiger charge is -2.13. The van der Waals surface area contributed by atoms with Crippen molar-refractivity contribution in [2.75, 3.05) is 0 Å². The molecule has 0 aromatic heterocycles. The van der Waals surface area contributed by atoms with Gasteiger partial charge >= 0.3 is 0 Å². The monoisotopic (exact) mass is 275 g/mol. The smallest absolute Gasteiger partial charge is 0.249 e. The number of unbranched alkanes of at least 4 members (excludes halogenated alkanes) is 3. The summed E-state index contributed by atoms with van der Waals surface area (Å²) in [4.78, 5) is 11.9. The summed E-state index contributed by atoms with van der Waals surface area (Å²) in [6.07, 6.45) is 4.22. The van der Waals surface area contributed by atoms with Gasteiger partial charge in [-0.05, 0) is 12.0 Å². The zero-order valence-corrected chi connectivity index (χ0v) is 12.3. The van der Waals surface area contributed by atoms with Crippen molar-refractivity contribution in [3.63, 3.8) is 0 Å². The van der Waals surface area contributed by atoms with E-state index in [-0.39, 0.29) is 11.5 Å². The molecule has 1 aromatic carbocycles. The number of hydrogen-bond acceptors (Lipinski definition) is 2. The Bertz CT molecular complexity index is 414. The van der Waals surface area contributed by atoms with Gasteiger partial charge in [0.25, 0.3) is 0 Å². The van der Waals surface area contributed by atoms with E-state index in [1.165, 1.54) is 6.42 Å². The van der Waals surface area contributed by atoms with Crippen LogP contribution < -0.4 is 5.32 Å². The number of amides is 1. The van der Waals surface area contributed by atoms with Crippen LogP contribution in [-0.2, 0) is 11.3 Å². The second kappa shape index (κ2) is 9.32. The van der Waals surface area contributed by atoms with Gasteiger partial charge in [-0.15, -0.1) is 0 Å². The standard InChI is InChI=1S/C17H25NO2/c1-3-4-5-9-12-16(19)14(2)17(20)18-13-15-10-7-6-8-11-15/h6-8,10-11,16,19H,2-5,9,12-13H2,1H3,(H,18,20). The second-order valence-corrected chi connectivity index (χ2v) is 5.06. The molecule has 20 heavy (non-hydrogen) atoms. The first kappa shape index (κ1) is 16.4. The van der Waals surface area contributed by atoms with Crippen LogP contribution in [0.2, 0.25) is 0 Å². The van der Waals surface area contributed by atoms with E-state index in [0.717, 1.165) is 24.8 Å². The van der Waals surface area contributed by atoms with Crippen LogP contribution in [0.15, 0.2) is 42.5 Å². The lowest BCUT2D eigenvalue weighted by atomic mass is 10.0. The summed E-state index contributed by atoms with van der Waals surface area (Å²) in [6, 6.07) is 9.69. The van der Waals surface area contributed by atoms with Gasteiger partial charge in [-0.3, -0.25) is 4.79 Å². The Hall–Kier alpha value is -1.61. The molecule has 0 aliphatic carbocycles. The van der Waals surface area contributed by atoms with Gasteiger partial charge in [0.15, 0.2) is 0 Å². The maximum atomic E-state index is 11.9. The van der Waals surface area contributed by atoms with Crippen molar-refractivity contribution in [3.05, 3.63) is 48.0 Å². The fourth-order valence-corrected chi connectivity index (χ4v) is 1.98. The molecule has 110 valence electrons. The molecule has 0 saturated heterocycles. The molecule has 0 spiro atoms. The number of nitrogens with one attached hydrogen (secondary N) is 1. The van der Waals surface area contributed by atoms with E-state index >= 15 is 0 Å². The highest BCUT2D eigenvalue weighted by Crippen LogP contribution is 2.11. The van der Waals surface area contributed by atoms with Crippen molar-refractivity contribution < 1.29 is 9.90 Å². The first-order valence-corrected chi connectivity index (χ1v) is 7.34. The Balaban J connectivity index is 2.29. The number of aliphatic hydroxyl groups excluding tert-OH is 1. The Morgan fingerprint density at radius 1 is 1.25 bits per heavy atom. The van der Waals surface area contributed by atoms with Gasteiger partial charge in [-0.2, -0.15) is 0 Å². The molecule has 1 atom stereocenters. The molecule has 3 heteroatoms. The topological polar surface area (TPSA) is 49.3 Å². The fraction of sp³-hybridized carbons (Fsp3) is 0.471. The van der Waals surface area contributed by atoms with Crippen LogP contribution in [0, 0.1) is 0 Å². The molecule has 3 nitrogen and oxygen atoms in total. The van der Waals surface area contributed by atoms with Crippen LogP contribution in [0.1, 0.15) is 44.6 Å². The third-order valence-corrected chi connectivity index (χ3v) is 3.32. The molecular weight excluding hydrogens is 250 g/mol. The Morgan fingerprint density at radius 2 is 1.95 bits per heavy atom. The predicted octanol–water partition coefficient (Wildman–Crippen LogP) is 3.19. The number of rotatable bonds is 9. The zero-order valence-electron chi connectivity index (χ0n) is 12.3. The summed E-state index contributed by atoms with van der Waals surface area (Å²) in [7, 11) is 0. The van der Waals surface area contributed by atoms with Crippen molar-refractivity contribution in [2.45, 2.75) is 51.7 Å². The Kier molecular flexibility index (Phi) is 7.66. The molecule has 1 unspecified atom stereocenters. The summed E-state index contributed by atoms with van der Waals surface area (Å²) in [5.74, 6) is -0.267. The average molecular weight is 275 g/mol. The second-order valence-electron chi connectivity index (χ2n) is 5.06. The molecule has 0 fully saturated rings. The molecule has 0 radical (unpaired) electrons. The first-order valence-electron chi connectivity index (χ1n) is 7.34. The van der Waals surface area contributed by atoms with Crippen molar-refractivity contribution in [1.29, 1.82) is 0 Å². The molecule has 0 heterocycles. The van der Waals surface area contributed by atoms with Crippen LogP contribution in [0.4, 0.5) is 0 Å². The summed E-state index contributed by atoms with van der Waals surface area (Å²) in [5, 5.41) is 12.7. The van der Waals surface area contributed by atoms with E-state index in [4.69, 9.17) is 0 Å². The third kappa shape index (κ3) is 6.02.